The van der Waals surface area contributed by atoms with Gasteiger partial charge in [-0.2, -0.15) is 5.10 Å². The monoisotopic (exact) mass is 347 g/mol. The van der Waals surface area contributed by atoms with Crippen molar-refractivity contribution in [2.45, 2.75) is 38.8 Å². The number of likely N-dealkylation sites (tertiary alicyclic amines) is 1. The van der Waals surface area contributed by atoms with E-state index in [0.29, 0.717) is 24.8 Å². The number of piperidine rings is 1. The highest BCUT2D eigenvalue weighted by molar-refractivity contribution is 5.87. The summed E-state index contributed by atoms with van der Waals surface area (Å²) in [7, 11) is 1.36. The second-order valence-corrected chi connectivity index (χ2v) is 6.47. The molecule has 136 valence electrons. The van der Waals surface area contributed by atoms with Gasteiger partial charge in [0.15, 0.2) is 0 Å². The number of furan rings is 1. The Kier molecular flexibility index (Phi) is 5.55. The van der Waals surface area contributed by atoms with Gasteiger partial charge < -0.3 is 14.3 Å². The maximum Gasteiger partial charge on any atom is 0.374 e. The number of methoxy groups -OCH3 is 1. The van der Waals surface area contributed by atoms with Gasteiger partial charge >= 0.3 is 5.97 Å². The van der Waals surface area contributed by atoms with E-state index in [1.807, 2.05) is 17.7 Å². The molecule has 0 bridgehead atoms. The number of rotatable bonds is 6. The van der Waals surface area contributed by atoms with E-state index in [2.05, 4.69) is 16.1 Å². The molecule has 1 saturated heterocycles. The van der Waals surface area contributed by atoms with Gasteiger partial charge in [0.1, 0.15) is 5.76 Å². The number of nitrogens with zero attached hydrogens (tertiary/aromatic N) is 3. The molecule has 0 radical (unpaired) electrons. The van der Waals surface area contributed by atoms with E-state index < -0.39 is 5.97 Å². The number of esters is 1. The van der Waals surface area contributed by atoms with Crippen LogP contribution in [0.5, 0.6) is 0 Å². The van der Waals surface area contributed by atoms with Crippen LogP contribution in [0.3, 0.4) is 0 Å². The Morgan fingerprint density at radius 1 is 1.44 bits per heavy atom. The van der Waals surface area contributed by atoms with Crippen LogP contribution in [0.25, 0.3) is 0 Å². The summed E-state index contributed by atoms with van der Waals surface area (Å²) >= 11 is 0. The Bertz CT molecular complexity index is 714. The molecule has 7 heteroatoms. The molecule has 25 heavy (non-hydrogen) atoms. The van der Waals surface area contributed by atoms with Crippen molar-refractivity contribution in [1.82, 2.24) is 14.7 Å². The fourth-order valence-corrected chi connectivity index (χ4v) is 3.50. The number of carbonyl (C=O) groups excluding carboxylic acids is 1. The molecule has 1 N–H and O–H groups in total. The summed E-state index contributed by atoms with van der Waals surface area (Å²) in [5, 5.41) is 13.4. The molecule has 0 spiro atoms. The third kappa shape index (κ3) is 3.93. The Labute approximate surface area is 147 Å². The summed E-state index contributed by atoms with van der Waals surface area (Å²) in [6.45, 7) is 5.12. The van der Waals surface area contributed by atoms with Gasteiger partial charge in [0.05, 0.1) is 26.8 Å². The van der Waals surface area contributed by atoms with E-state index in [4.69, 9.17) is 14.3 Å². The van der Waals surface area contributed by atoms with Crippen LogP contribution in [0.4, 0.5) is 0 Å². The molecule has 0 atom stereocenters. The van der Waals surface area contributed by atoms with E-state index in [0.717, 1.165) is 37.3 Å². The lowest BCUT2D eigenvalue weighted by Gasteiger charge is -2.31. The van der Waals surface area contributed by atoms with Gasteiger partial charge in [0.25, 0.3) is 0 Å². The number of aliphatic hydroxyl groups excluding tert-OH is 1. The summed E-state index contributed by atoms with van der Waals surface area (Å²) < 4.78 is 12.3. The fourth-order valence-electron chi connectivity index (χ4n) is 3.50. The minimum atomic E-state index is -0.431. The molecule has 2 aromatic rings. The topological polar surface area (TPSA) is 80.7 Å². The summed E-state index contributed by atoms with van der Waals surface area (Å²) in [6, 6.07) is 3.96. The molecule has 0 amide bonds. The van der Waals surface area contributed by atoms with Gasteiger partial charge in [-0.25, -0.2) is 4.79 Å². The van der Waals surface area contributed by atoms with Crippen molar-refractivity contribution in [1.29, 1.82) is 0 Å². The maximum absolute atomic E-state index is 11.6. The summed E-state index contributed by atoms with van der Waals surface area (Å²) in [5.74, 6) is 1.12. The number of aromatic nitrogens is 2. The first kappa shape index (κ1) is 17.7. The SMILES string of the molecule is COC(=O)c1oc(CN2CCC(c3ccnn3CCO)CC2)cc1C. The number of hydrogen-bond donors (Lipinski definition) is 1. The molecule has 3 heterocycles. The highest BCUT2D eigenvalue weighted by atomic mass is 16.5. The van der Waals surface area contributed by atoms with Crippen molar-refractivity contribution in [2.24, 2.45) is 0 Å². The van der Waals surface area contributed by atoms with Crippen LogP contribution in [0.2, 0.25) is 0 Å². The van der Waals surface area contributed by atoms with Gasteiger partial charge in [0, 0.05) is 23.4 Å². The zero-order chi connectivity index (χ0) is 17.8. The van der Waals surface area contributed by atoms with E-state index in [9.17, 15) is 4.79 Å². The quantitative estimate of drug-likeness (QED) is 0.805. The molecule has 1 aliphatic heterocycles. The number of ether oxygens (including phenoxy) is 1. The number of aryl methyl sites for hydroxylation is 1. The predicted octanol–water partition coefficient (Wildman–Crippen LogP) is 1.94. The lowest BCUT2D eigenvalue weighted by Crippen LogP contribution is -2.33. The predicted molar refractivity (Wildman–Crippen MR) is 91.3 cm³/mol. The smallest absolute Gasteiger partial charge is 0.374 e. The van der Waals surface area contributed by atoms with Crippen LogP contribution in [-0.4, -0.2) is 52.6 Å². The average molecular weight is 347 g/mol. The minimum Gasteiger partial charge on any atom is -0.463 e. The van der Waals surface area contributed by atoms with Gasteiger partial charge in [-0.1, -0.05) is 0 Å². The highest BCUT2D eigenvalue weighted by Crippen LogP contribution is 2.29. The molecule has 0 aromatic carbocycles. The molecule has 0 unspecified atom stereocenters. The second kappa shape index (κ2) is 7.84. The van der Waals surface area contributed by atoms with Crippen molar-refractivity contribution < 1.29 is 19.1 Å². The molecule has 1 fully saturated rings. The zero-order valence-corrected chi connectivity index (χ0v) is 14.8. The van der Waals surface area contributed by atoms with Crippen LogP contribution in [0, 0.1) is 6.92 Å². The number of hydrogen-bond acceptors (Lipinski definition) is 6. The summed E-state index contributed by atoms with van der Waals surface area (Å²) in [4.78, 5) is 14.0. The highest BCUT2D eigenvalue weighted by Gasteiger charge is 2.24. The zero-order valence-electron chi connectivity index (χ0n) is 14.8. The lowest BCUT2D eigenvalue weighted by molar-refractivity contribution is 0.0559. The first-order valence-corrected chi connectivity index (χ1v) is 8.65. The van der Waals surface area contributed by atoms with Crippen LogP contribution in [0.15, 0.2) is 22.7 Å². The third-order valence-electron chi connectivity index (χ3n) is 4.79. The Balaban J connectivity index is 1.58. The van der Waals surface area contributed by atoms with Gasteiger partial charge in [-0.3, -0.25) is 9.58 Å². The largest absolute Gasteiger partial charge is 0.463 e. The molecule has 1 aliphatic rings. The van der Waals surface area contributed by atoms with E-state index in [1.54, 1.807) is 6.20 Å². The normalized spacial score (nSPS) is 16.3. The van der Waals surface area contributed by atoms with E-state index in [-0.39, 0.29) is 6.61 Å². The standard InChI is InChI=1S/C18H25N3O4/c1-13-11-15(25-17(13)18(23)24-2)12-20-7-4-14(5-8-20)16-3-6-19-21(16)9-10-22/h3,6,11,14,22H,4-5,7-10,12H2,1-2H3. The summed E-state index contributed by atoms with van der Waals surface area (Å²) in [5.41, 5.74) is 2.01. The molecule has 7 nitrogen and oxygen atoms in total. The van der Waals surface area contributed by atoms with Crippen LogP contribution < -0.4 is 0 Å². The van der Waals surface area contributed by atoms with Gasteiger partial charge in [-0.05, 0) is 45.0 Å². The molecule has 2 aromatic heterocycles. The number of carbonyl (C=O) groups is 1. The average Bonchev–Trinajstić information content (AvgIpc) is 3.22. The molecule has 0 saturated carbocycles. The van der Waals surface area contributed by atoms with E-state index in [1.165, 1.54) is 12.8 Å². The summed E-state index contributed by atoms with van der Waals surface area (Å²) in [6.07, 6.45) is 3.89. The first-order valence-electron chi connectivity index (χ1n) is 8.65. The van der Waals surface area contributed by atoms with Gasteiger partial charge in [-0.15, -0.1) is 0 Å². The number of aliphatic hydroxyl groups is 1. The van der Waals surface area contributed by atoms with Crippen molar-refractivity contribution in [3.63, 3.8) is 0 Å². The minimum absolute atomic E-state index is 0.105. The Morgan fingerprint density at radius 3 is 2.88 bits per heavy atom. The Morgan fingerprint density at radius 2 is 2.20 bits per heavy atom. The molecule has 0 aliphatic carbocycles. The fraction of sp³-hybridized carbons (Fsp3) is 0.556. The second-order valence-electron chi connectivity index (χ2n) is 6.47. The van der Waals surface area contributed by atoms with Crippen molar-refractivity contribution >= 4 is 5.97 Å². The van der Waals surface area contributed by atoms with Crippen LogP contribution >= 0.6 is 0 Å². The lowest BCUT2D eigenvalue weighted by atomic mass is 9.93. The van der Waals surface area contributed by atoms with Gasteiger partial charge in [0.2, 0.25) is 5.76 Å². The molecular formula is C18H25N3O4. The Hall–Kier alpha value is -2.12. The van der Waals surface area contributed by atoms with Crippen molar-refractivity contribution in [3.8, 4) is 0 Å². The van der Waals surface area contributed by atoms with Crippen molar-refractivity contribution in [3.05, 3.63) is 41.1 Å². The maximum atomic E-state index is 11.6. The van der Waals surface area contributed by atoms with E-state index >= 15 is 0 Å². The first-order chi connectivity index (χ1) is 12.1. The van der Waals surface area contributed by atoms with Crippen molar-refractivity contribution in [2.75, 3.05) is 26.8 Å². The van der Waals surface area contributed by atoms with Crippen LogP contribution in [0.1, 0.15) is 46.3 Å². The molecule has 3 rings (SSSR count). The van der Waals surface area contributed by atoms with Crippen LogP contribution in [-0.2, 0) is 17.8 Å². The molecular weight excluding hydrogens is 322 g/mol. The third-order valence-corrected chi connectivity index (χ3v) is 4.79.